The van der Waals surface area contributed by atoms with Gasteiger partial charge >= 0.3 is 0 Å². The summed E-state index contributed by atoms with van der Waals surface area (Å²) in [6, 6.07) is 8.50. The number of carbonyl (C=O) groups excluding carboxylic acids is 1. The molecule has 2 heterocycles. The Bertz CT molecular complexity index is 929. The van der Waals surface area contributed by atoms with Gasteiger partial charge in [0, 0.05) is 25.3 Å². The topological polar surface area (TPSA) is 90.5 Å². The number of aromatic nitrogens is 6. The lowest BCUT2D eigenvalue weighted by Crippen LogP contribution is -2.20. The van der Waals surface area contributed by atoms with Gasteiger partial charge in [-0.05, 0) is 35.4 Å². The molecule has 27 heavy (non-hydrogen) atoms. The van der Waals surface area contributed by atoms with E-state index in [1.165, 1.54) is 31.0 Å². The molecule has 0 bridgehead atoms. The number of para-hydroxylation sites is 2. The number of nitrogens with zero attached hydrogens (tertiary/aromatic N) is 6. The highest BCUT2D eigenvalue weighted by Gasteiger charge is 2.22. The fourth-order valence-corrected chi connectivity index (χ4v) is 4.39. The first-order valence-electron chi connectivity index (χ1n) is 9.34. The van der Waals surface area contributed by atoms with E-state index in [9.17, 15) is 4.79 Å². The van der Waals surface area contributed by atoms with Gasteiger partial charge in [-0.3, -0.25) is 10.1 Å². The van der Waals surface area contributed by atoms with Gasteiger partial charge in [0.15, 0.2) is 0 Å². The molecule has 4 rings (SSSR count). The standard InChI is InChI=1S/C18H23N7OS/c1-24-18(21-22-23-24)27-12-11-16(26)20-17-19-14-9-5-6-10-15(14)25(17)13-7-3-2-4-8-13/h5-6,9-10,13H,2-4,7-8,11-12H2,1H3,(H,19,20,26). The maximum absolute atomic E-state index is 12.5. The Morgan fingerprint density at radius 1 is 1.26 bits per heavy atom. The predicted octanol–water partition coefficient (Wildman–Crippen LogP) is 3.19. The van der Waals surface area contributed by atoms with Gasteiger partial charge in [-0.25, -0.2) is 9.67 Å². The van der Waals surface area contributed by atoms with E-state index in [0.29, 0.717) is 29.3 Å². The molecule has 0 aliphatic heterocycles. The molecule has 9 heteroatoms. The molecule has 3 aromatic rings. The summed E-state index contributed by atoms with van der Waals surface area (Å²) in [5.74, 6) is 1.24. The van der Waals surface area contributed by atoms with Crippen LogP contribution in [0.4, 0.5) is 5.95 Å². The Labute approximate surface area is 161 Å². The third-order valence-corrected chi connectivity index (χ3v) is 5.94. The van der Waals surface area contributed by atoms with Crippen LogP contribution in [0.3, 0.4) is 0 Å². The van der Waals surface area contributed by atoms with Gasteiger partial charge in [0.25, 0.3) is 0 Å². The van der Waals surface area contributed by atoms with Crippen molar-refractivity contribution in [3.63, 3.8) is 0 Å². The molecule has 0 spiro atoms. The maximum Gasteiger partial charge on any atom is 0.227 e. The third-order valence-electron chi connectivity index (χ3n) is 4.93. The molecular formula is C18H23N7OS. The van der Waals surface area contributed by atoms with Crippen molar-refractivity contribution in [2.24, 2.45) is 7.05 Å². The lowest BCUT2D eigenvalue weighted by molar-refractivity contribution is -0.115. The highest BCUT2D eigenvalue weighted by atomic mass is 32.2. The largest absolute Gasteiger partial charge is 0.307 e. The minimum absolute atomic E-state index is 0.0370. The lowest BCUT2D eigenvalue weighted by Gasteiger charge is -2.25. The highest BCUT2D eigenvalue weighted by molar-refractivity contribution is 7.99. The van der Waals surface area contributed by atoms with Crippen molar-refractivity contribution in [1.82, 2.24) is 29.8 Å². The number of fused-ring (bicyclic) bond motifs is 1. The van der Waals surface area contributed by atoms with Crippen LogP contribution in [-0.2, 0) is 11.8 Å². The van der Waals surface area contributed by atoms with E-state index < -0.39 is 0 Å². The first-order valence-corrected chi connectivity index (χ1v) is 10.3. The molecule has 0 unspecified atom stereocenters. The number of benzene rings is 1. The highest BCUT2D eigenvalue weighted by Crippen LogP contribution is 2.34. The second-order valence-electron chi connectivity index (χ2n) is 6.82. The minimum Gasteiger partial charge on any atom is -0.307 e. The number of anilines is 1. The van der Waals surface area contributed by atoms with E-state index in [0.717, 1.165) is 23.9 Å². The average molecular weight is 385 g/mol. The summed E-state index contributed by atoms with van der Waals surface area (Å²) >= 11 is 1.47. The molecule has 0 saturated heterocycles. The predicted molar refractivity (Wildman–Crippen MR) is 105 cm³/mol. The van der Waals surface area contributed by atoms with E-state index in [1.807, 2.05) is 18.2 Å². The van der Waals surface area contributed by atoms with Crippen LogP contribution < -0.4 is 5.32 Å². The van der Waals surface area contributed by atoms with Crippen LogP contribution in [0.25, 0.3) is 11.0 Å². The zero-order chi connectivity index (χ0) is 18.6. The molecule has 1 N–H and O–H groups in total. The number of tetrazole rings is 1. The summed E-state index contributed by atoms with van der Waals surface area (Å²) in [5.41, 5.74) is 2.03. The Kier molecular flexibility index (Phi) is 5.38. The number of thioether (sulfide) groups is 1. The first-order chi connectivity index (χ1) is 13.2. The van der Waals surface area contributed by atoms with Crippen molar-refractivity contribution >= 4 is 34.7 Å². The summed E-state index contributed by atoms with van der Waals surface area (Å²) in [4.78, 5) is 17.2. The summed E-state index contributed by atoms with van der Waals surface area (Å²) in [6.45, 7) is 0. The molecule has 142 valence electrons. The van der Waals surface area contributed by atoms with Gasteiger partial charge in [0.2, 0.25) is 17.0 Å². The molecular weight excluding hydrogens is 362 g/mol. The number of nitrogens with one attached hydrogen (secondary N) is 1. The van der Waals surface area contributed by atoms with Crippen LogP contribution in [0.1, 0.15) is 44.6 Å². The Balaban J connectivity index is 1.47. The summed E-state index contributed by atoms with van der Waals surface area (Å²) < 4.78 is 3.83. The number of aryl methyl sites for hydroxylation is 1. The van der Waals surface area contributed by atoms with E-state index in [-0.39, 0.29) is 5.91 Å². The average Bonchev–Trinajstić information content (AvgIpc) is 3.25. The van der Waals surface area contributed by atoms with Crippen molar-refractivity contribution in [3.8, 4) is 0 Å². The number of amides is 1. The van der Waals surface area contributed by atoms with Crippen LogP contribution in [0.15, 0.2) is 29.4 Å². The van der Waals surface area contributed by atoms with Crippen molar-refractivity contribution in [3.05, 3.63) is 24.3 Å². The summed E-state index contributed by atoms with van der Waals surface area (Å²) in [5, 5.41) is 15.0. The van der Waals surface area contributed by atoms with Gasteiger partial charge < -0.3 is 4.57 Å². The van der Waals surface area contributed by atoms with Crippen LogP contribution >= 0.6 is 11.8 Å². The second kappa shape index (κ2) is 8.08. The summed E-state index contributed by atoms with van der Waals surface area (Å²) in [6.07, 6.45) is 6.40. The maximum atomic E-state index is 12.5. The second-order valence-corrected chi connectivity index (χ2v) is 7.88. The van der Waals surface area contributed by atoms with E-state index in [1.54, 1.807) is 11.7 Å². The van der Waals surface area contributed by atoms with Crippen LogP contribution in [0.5, 0.6) is 0 Å². The molecule has 0 atom stereocenters. The number of imidazole rings is 1. The van der Waals surface area contributed by atoms with Gasteiger partial charge in [-0.15, -0.1) is 5.10 Å². The first kappa shape index (κ1) is 18.0. The number of carbonyl (C=O) groups is 1. The van der Waals surface area contributed by atoms with E-state index in [4.69, 9.17) is 0 Å². The molecule has 2 aromatic heterocycles. The van der Waals surface area contributed by atoms with Crippen LogP contribution in [-0.4, -0.2) is 41.4 Å². The third kappa shape index (κ3) is 3.97. The Morgan fingerprint density at radius 2 is 2.07 bits per heavy atom. The smallest absolute Gasteiger partial charge is 0.227 e. The Morgan fingerprint density at radius 3 is 2.85 bits per heavy atom. The molecule has 0 radical (unpaired) electrons. The zero-order valence-corrected chi connectivity index (χ0v) is 16.2. The van der Waals surface area contributed by atoms with E-state index >= 15 is 0 Å². The fourth-order valence-electron chi connectivity index (χ4n) is 3.61. The quantitative estimate of drug-likeness (QED) is 0.655. The van der Waals surface area contributed by atoms with Gasteiger partial charge in [0.05, 0.1) is 11.0 Å². The molecule has 1 aliphatic carbocycles. The van der Waals surface area contributed by atoms with Crippen LogP contribution in [0, 0.1) is 0 Å². The molecule has 1 saturated carbocycles. The van der Waals surface area contributed by atoms with Crippen molar-refractivity contribution in [2.75, 3.05) is 11.1 Å². The SMILES string of the molecule is Cn1nnnc1SCCC(=O)Nc1nc2ccccc2n1C1CCCCC1. The van der Waals surface area contributed by atoms with Crippen molar-refractivity contribution in [1.29, 1.82) is 0 Å². The zero-order valence-electron chi connectivity index (χ0n) is 15.3. The molecule has 8 nitrogen and oxygen atoms in total. The van der Waals surface area contributed by atoms with Gasteiger partial charge in [0.1, 0.15) is 0 Å². The van der Waals surface area contributed by atoms with E-state index in [2.05, 4.69) is 36.5 Å². The number of hydrogen-bond donors (Lipinski definition) is 1. The van der Waals surface area contributed by atoms with Gasteiger partial charge in [-0.1, -0.05) is 43.2 Å². The van der Waals surface area contributed by atoms with Crippen molar-refractivity contribution < 1.29 is 4.79 Å². The molecule has 1 aromatic carbocycles. The van der Waals surface area contributed by atoms with Gasteiger partial charge in [-0.2, -0.15) is 0 Å². The van der Waals surface area contributed by atoms with Crippen LogP contribution in [0.2, 0.25) is 0 Å². The molecule has 1 amide bonds. The monoisotopic (exact) mass is 385 g/mol. The Hall–Kier alpha value is -2.42. The van der Waals surface area contributed by atoms with Crippen molar-refractivity contribution in [2.45, 2.75) is 49.7 Å². The number of rotatable bonds is 6. The molecule has 1 fully saturated rings. The molecule has 1 aliphatic rings. The fraction of sp³-hybridized carbons (Fsp3) is 0.500. The lowest BCUT2D eigenvalue weighted by atomic mass is 9.95. The summed E-state index contributed by atoms with van der Waals surface area (Å²) in [7, 11) is 1.79. The number of hydrogen-bond acceptors (Lipinski definition) is 6. The normalized spacial score (nSPS) is 15.3. The minimum atomic E-state index is -0.0370.